The fourth-order valence-corrected chi connectivity index (χ4v) is 6.70. The van der Waals surface area contributed by atoms with Gasteiger partial charge < -0.3 is 0 Å². The Hall–Kier alpha value is -2.47. The van der Waals surface area contributed by atoms with E-state index in [-0.39, 0.29) is 0 Å². The Bertz CT molecular complexity index is 1350. The third-order valence-electron chi connectivity index (χ3n) is 5.04. The van der Waals surface area contributed by atoms with Crippen LogP contribution in [-0.4, -0.2) is 16.2 Å². The lowest BCUT2D eigenvalue weighted by Gasteiger charge is -2.15. The number of nitrogens with zero attached hydrogens (tertiary/aromatic N) is 2. The Morgan fingerprint density at radius 1 is 0.645 bits per heavy atom. The van der Waals surface area contributed by atoms with E-state index in [0.717, 1.165) is 16.8 Å². The molecular formula is C26H20N2S3. The van der Waals surface area contributed by atoms with E-state index in [1.807, 2.05) is 36.3 Å². The van der Waals surface area contributed by atoms with Crippen LogP contribution in [0, 0.1) is 0 Å². The SMILES string of the molecule is CSc1c(Sc2c(SCc3ccccc3)cnc3ccccc23)cnc2ccccc12. The molecule has 0 fully saturated rings. The van der Waals surface area contributed by atoms with E-state index in [1.54, 1.807) is 23.5 Å². The molecule has 0 bridgehead atoms. The molecule has 5 aromatic rings. The van der Waals surface area contributed by atoms with E-state index < -0.39 is 0 Å². The van der Waals surface area contributed by atoms with Crippen LogP contribution >= 0.6 is 35.3 Å². The highest BCUT2D eigenvalue weighted by Crippen LogP contribution is 2.44. The fraction of sp³-hybridized carbons (Fsp3) is 0.0769. The lowest BCUT2D eigenvalue weighted by Crippen LogP contribution is -1.90. The minimum Gasteiger partial charge on any atom is -0.255 e. The van der Waals surface area contributed by atoms with Crippen molar-refractivity contribution >= 4 is 57.1 Å². The van der Waals surface area contributed by atoms with Gasteiger partial charge in [0.1, 0.15) is 0 Å². The van der Waals surface area contributed by atoms with Crippen LogP contribution in [0.5, 0.6) is 0 Å². The molecule has 152 valence electrons. The summed E-state index contributed by atoms with van der Waals surface area (Å²) in [5.74, 6) is 0.916. The average molecular weight is 457 g/mol. The number of rotatable bonds is 6. The molecule has 0 spiro atoms. The predicted molar refractivity (Wildman–Crippen MR) is 135 cm³/mol. The molecule has 0 atom stereocenters. The fourth-order valence-electron chi connectivity index (χ4n) is 3.53. The molecular weight excluding hydrogens is 437 g/mol. The maximum atomic E-state index is 4.73. The first-order valence-electron chi connectivity index (χ1n) is 9.97. The maximum Gasteiger partial charge on any atom is 0.0714 e. The molecule has 0 aliphatic carbocycles. The Morgan fingerprint density at radius 2 is 1.23 bits per heavy atom. The first-order chi connectivity index (χ1) is 15.3. The minimum absolute atomic E-state index is 0.916. The van der Waals surface area contributed by atoms with Crippen molar-refractivity contribution in [3.8, 4) is 0 Å². The zero-order valence-corrected chi connectivity index (χ0v) is 19.4. The third kappa shape index (κ3) is 4.31. The molecule has 5 heteroatoms. The Labute approximate surface area is 194 Å². The predicted octanol–water partition coefficient (Wildman–Crippen LogP) is 7.95. The molecule has 2 aromatic heterocycles. The number of benzene rings is 3. The lowest BCUT2D eigenvalue weighted by atomic mass is 10.2. The van der Waals surface area contributed by atoms with Gasteiger partial charge >= 0.3 is 0 Å². The van der Waals surface area contributed by atoms with Gasteiger partial charge in [0.15, 0.2) is 0 Å². The van der Waals surface area contributed by atoms with E-state index in [2.05, 4.69) is 73.0 Å². The molecule has 0 aliphatic rings. The van der Waals surface area contributed by atoms with E-state index in [4.69, 9.17) is 9.97 Å². The largest absolute Gasteiger partial charge is 0.255 e. The van der Waals surface area contributed by atoms with E-state index in [9.17, 15) is 0 Å². The second kappa shape index (κ2) is 9.35. The summed E-state index contributed by atoms with van der Waals surface area (Å²) in [6.07, 6.45) is 6.17. The number of hydrogen-bond acceptors (Lipinski definition) is 5. The molecule has 2 nitrogen and oxygen atoms in total. The summed E-state index contributed by atoms with van der Waals surface area (Å²) >= 11 is 5.42. The highest BCUT2D eigenvalue weighted by atomic mass is 32.2. The van der Waals surface area contributed by atoms with Crippen molar-refractivity contribution in [3.05, 3.63) is 96.8 Å². The van der Waals surface area contributed by atoms with Gasteiger partial charge in [-0.3, -0.25) is 9.97 Å². The van der Waals surface area contributed by atoms with Crippen molar-refractivity contribution < 1.29 is 0 Å². The van der Waals surface area contributed by atoms with Crippen molar-refractivity contribution in [3.63, 3.8) is 0 Å². The summed E-state index contributed by atoms with van der Waals surface area (Å²) in [5.41, 5.74) is 3.37. The number of thioether (sulfide) groups is 2. The zero-order chi connectivity index (χ0) is 21.0. The quantitative estimate of drug-likeness (QED) is 0.242. The topological polar surface area (TPSA) is 25.8 Å². The molecule has 2 heterocycles. The van der Waals surface area contributed by atoms with Crippen LogP contribution in [0.4, 0.5) is 0 Å². The minimum atomic E-state index is 0.916. The van der Waals surface area contributed by atoms with Gasteiger partial charge in [-0.25, -0.2) is 0 Å². The van der Waals surface area contributed by atoms with Gasteiger partial charge in [-0.15, -0.1) is 23.5 Å². The first-order valence-corrected chi connectivity index (χ1v) is 13.0. The Kier molecular flexibility index (Phi) is 6.16. The van der Waals surface area contributed by atoms with E-state index in [1.165, 1.54) is 35.9 Å². The normalized spacial score (nSPS) is 11.3. The molecule has 31 heavy (non-hydrogen) atoms. The second-order valence-electron chi connectivity index (χ2n) is 7.02. The van der Waals surface area contributed by atoms with Gasteiger partial charge in [0.05, 0.1) is 11.0 Å². The highest BCUT2D eigenvalue weighted by molar-refractivity contribution is 8.03. The molecule has 3 aromatic carbocycles. The molecule has 0 amide bonds. The van der Waals surface area contributed by atoms with Gasteiger partial charge in [0.25, 0.3) is 0 Å². The molecule has 0 radical (unpaired) electrons. The van der Waals surface area contributed by atoms with Crippen molar-refractivity contribution in [2.45, 2.75) is 25.3 Å². The number of para-hydroxylation sites is 2. The lowest BCUT2D eigenvalue weighted by molar-refractivity contribution is 1.16. The van der Waals surface area contributed by atoms with Gasteiger partial charge in [0, 0.05) is 48.5 Å². The van der Waals surface area contributed by atoms with Crippen LogP contribution in [0.25, 0.3) is 21.8 Å². The van der Waals surface area contributed by atoms with Gasteiger partial charge in [-0.1, -0.05) is 78.5 Å². The van der Waals surface area contributed by atoms with E-state index in [0.29, 0.717) is 0 Å². The summed E-state index contributed by atoms with van der Waals surface area (Å²) in [4.78, 5) is 14.4. The zero-order valence-electron chi connectivity index (χ0n) is 17.0. The molecule has 0 saturated carbocycles. The summed E-state index contributed by atoms with van der Waals surface area (Å²) in [5, 5.41) is 2.39. The van der Waals surface area contributed by atoms with Gasteiger partial charge in [0.2, 0.25) is 0 Å². The summed E-state index contributed by atoms with van der Waals surface area (Å²) in [7, 11) is 0. The second-order valence-corrected chi connectivity index (χ2v) is 9.90. The van der Waals surface area contributed by atoms with Crippen molar-refractivity contribution in [1.82, 2.24) is 9.97 Å². The maximum absolute atomic E-state index is 4.73. The first kappa shape index (κ1) is 20.4. The van der Waals surface area contributed by atoms with Crippen molar-refractivity contribution in [2.24, 2.45) is 0 Å². The smallest absolute Gasteiger partial charge is 0.0714 e. The summed E-state index contributed by atoms with van der Waals surface area (Å²) in [6.45, 7) is 0. The number of pyridine rings is 2. The van der Waals surface area contributed by atoms with Crippen LogP contribution < -0.4 is 0 Å². The van der Waals surface area contributed by atoms with Crippen molar-refractivity contribution in [2.75, 3.05) is 6.26 Å². The van der Waals surface area contributed by atoms with Crippen LogP contribution in [0.2, 0.25) is 0 Å². The molecule has 5 rings (SSSR count). The van der Waals surface area contributed by atoms with Crippen molar-refractivity contribution in [1.29, 1.82) is 0 Å². The van der Waals surface area contributed by atoms with Crippen LogP contribution in [-0.2, 0) is 5.75 Å². The monoisotopic (exact) mass is 456 g/mol. The highest BCUT2D eigenvalue weighted by Gasteiger charge is 2.15. The molecule has 0 saturated heterocycles. The van der Waals surface area contributed by atoms with Gasteiger partial charge in [-0.2, -0.15) is 0 Å². The third-order valence-corrected chi connectivity index (χ3v) is 8.42. The molecule has 0 unspecified atom stereocenters. The van der Waals surface area contributed by atoms with E-state index >= 15 is 0 Å². The standard InChI is InChI=1S/C26H20N2S3/c1-29-25-19-11-5-7-13-21(19)28-16-24(25)31-26-20-12-6-8-14-22(20)27-15-23(26)30-17-18-9-3-2-4-10-18/h2-16H,17H2,1H3. The summed E-state index contributed by atoms with van der Waals surface area (Å²) in [6, 6.07) is 27.3. The molecule has 0 aliphatic heterocycles. The van der Waals surface area contributed by atoms with Crippen LogP contribution in [0.3, 0.4) is 0 Å². The number of hydrogen-bond donors (Lipinski definition) is 0. The summed E-state index contributed by atoms with van der Waals surface area (Å²) < 4.78 is 0. The van der Waals surface area contributed by atoms with Gasteiger partial charge in [-0.05, 0) is 24.0 Å². The molecule has 0 N–H and O–H groups in total. The Morgan fingerprint density at radius 3 is 1.90 bits per heavy atom. The van der Waals surface area contributed by atoms with Crippen LogP contribution in [0.1, 0.15) is 5.56 Å². The number of fused-ring (bicyclic) bond motifs is 2. The number of aromatic nitrogens is 2. The average Bonchev–Trinajstić information content (AvgIpc) is 2.84. The Balaban J connectivity index is 1.59. The van der Waals surface area contributed by atoms with Crippen LogP contribution in [0.15, 0.2) is 111 Å².